The Balaban J connectivity index is 2.26. The van der Waals surface area contributed by atoms with Gasteiger partial charge in [-0.3, -0.25) is 4.79 Å². The highest BCUT2D eigenvalue weighted by Gasteiger charge is 2.34. The average Bonchev–Trinajstić information content (AvgIpc) is 2.97. The number of carboxylic acids is 1. The molecule has 1 unspecified atom stereocenters. The molecule has 2 N–H and O–H groups in total. The number of Topliss-reactive ketones (excluding diaryl/α,β-unsaturated/α-hetero) is 1. The Hall–Kier alpha value is -1.16. The summed E-state index contributed by atoms with van der Waals surface area (Å²) in [6.45, 7) is 3.89. The van der Waals surface area contributed by atoms with E-state index in [0.717, 1.165) is 57.8 Å². The highest BCUT2D eigenvalue weighted by molar-refractivity contribution is 5.83. The molecule has 1 rings (SSSR count). The van der Waals surface area contributed by atoms with Crippen molar-refractivity contribution in [1.29, 1.82) is 0 Å². The molecule has 0 spiro atoms. The molecule has 1 aliphatic carbocycles. The third kappa shape index (κ3) is 7.61. The van der Waals surface area contributed by atoms with Crippen molar-refractivity contribution in [3.05, 3.63) is 12.2 Å². The first-order valence-electron chi connectivity index (χ1n) is 10.6. The van der Waals surface area contributed by atoms with Crippen LogP contribution >= 0.6 is 0 Å². The zero-order valence-corrected chi connectivity index (χ0v) is 16.7. The third-order valence-corrected chi connectivity index (χ3v) is 5.90. The predicted octanol–water partition coefficient (Wildman–Crippen LogP) is 5.28. The Morgan fingerprint density at radius 1 is 1.12 bits per heavy atom. The number of ketones is 1. The Labute approximate surface area is 159 Å². The molecule has 4 heteroatoms. The number of aliphatic hydroxyl groups is 1. The summed E-state index contributed by atoms with van der Waals surface area (Å²) in [6.07, 6.45) is 16.0. The van der Waals surface area contributed by atoms with Crippen molar-refractivity contribution in [1.82, 2.24) is 0 Å². The number of carbonyl (C=O) groups is 2. The molecule has 1 fully saturated rings. The summed E-state index contributed by atoms with van der Waals surface area (Å²) in [5.41, 5.74) is -1.59. The summed E-state index contributed by atoms with van der Waals surface area (Å²) in [5, 5.41) is 19.1. The van der Waals surface area contributed by atoms with Crippen LogP contribution in [-0.4, -0.2) is 27.6 Å². The maximum atomic E-state index is 12.2. The minimum atomic E-state index is -1.59. The molecule has 0 saturated heterocycles. The first kappa shape index (κ1) is 22.9. The van der Waals surface area contributed by atoms with Gasteiger partial charge in [0.05, 0.1) is 0 Å². The first-order valence-corrected chi connectivity index (χ1v) is 10.6. The normalized spacial score (nSPS) is 22.8. The van der Waals surface area contributed by atoms with Crippen LogP contribution in [0.2, 0.25) is 0 Å². The van der Waals surface area contributed by atoms with Gasteiger partial charge in [-0.15, -0.1) is 0 Å². The molecule has 0 radical (unpaired) electrons. The Morgan fingerprint density at radius 3 is 2.50 bits per heavy atom. The lowest BCUT2D eigenvalue weighted by atomic mass is 9.86. The Kier molecular flexibility index (Phi) is 10.8. The van der Waals surface area contributed by atoms with Crippen molar-refractivity contribution in [2.45, 2.75) is 103 Å². The summed E-state index contributed by atoms with van der Waals surface area (Å²) >= 11 is 0. The number of rotatable bonds is 14. The van der Waals surface area contributed by atoms with Crippen LogP contribution < -0.4 is 0 Å². The summed E-state index contributed by atoms with van der Waals surface area (Å²) in [7, 11) is 0. The lowest BCUT2D eigenvalue weighted by Crippen LogP contribution is -2.37. The first-order chi connectivity index (χ1) is 12.4. The van der Waals surface area contributed by atoms with Gasteiger partial charge in [0.1, 0.15) is 5.78 Å². The van der Waals surface area contributed by atoms with E-state index in [1.807, 2.05) is 0 Å². The summed E-state index contributed by atoms with van der Waals surface area (Å²) in [4.78, 5) is 23.3. The highest BCUT2D eigenvalue weighted by Crippen LogP contribution is 2.36. The predicted molar refractivity (Wildman–Crippen MR) is 105 cm³/mol. The molecule has 0 aliphatic heterocycles. The van der Waals surface area contributed by atoms with Crippen molar-refractivity contribution < 1.29 is 19.8 Å². The fourth-order valence-electron chi connectivity index (χ4n) is 4.01. The van der Waals surface area contributed by atoms with Gasteiger partial charge >= 0.3 is 5.97 Å². The quantitative estimate of drug-likeness (QED) is 0.324. The van der Waals surface area contributed by atoms with Gasteiger partial charge < -0.3 is 10.2 Å². The van der Waals surface area contributed by atoms with Gasteiger partial charge in [0.15, 0.2) is 5.60 Å². The van der Waals surface area contributed by atoms with Crippen molar-refractivity contribution in [2.24, 2.45) is 11.8 Å². The van der Waals surface area contributed by atoms with Crippen LogP contribution in [-0.2, 0) is 9.59 Å². The van der Waals surface area contributed by atoms with Gasteiger partial charge in [-0.05, 0) is 63.7 Å². The molecule has 26 heavy (non-hydrogen) atoms. The van der Waals surface area contributed by atoms with Gasteiger partial charge in [0.2, 0.25) is 0 Å². The standard InChI is InChI=1S/C22H38O4/c1-3-5-6-7-8-10-13-18-15-16-20(23)19(18)14-11-9-12-17-22(26,4-2)21(24)25/h6-7,18-19,26H,3-5,8-17H2,1-2H3,(H,24,25)/t18-,19+,22?/m0/s1. The molecule has 0 aromatic heterocycles. The molecular weight excluding hydrogens is 328 g/mol. The van der Waals surface area contributed by atoms with Crippen LogP contribution in [0.3, 0.4) is 0 Å². The molecule has 150 valence electrons. The van der Waals surface area contributed by atoms with Crippen molar-refractivity contribution >= 4 is 11.8 Å². The van der Waals surface area contributed by atoms with E-state index < -0.39 is 11.6 Å². The van der Waals surface area contributed by atoms with Crippen LogP contribution in [0.15, 0.2) is 12.2 Å². The van der Waals surface area contributed by atoms with Crippen LogP contribution in [0.4, 0.5) is 0 Å². The summed E-state index contributed by atoms with van der Waals surface area (Å²) < 4.78 is 0. The van der Waals surface area contributed by atoms with Crippen molar-refractivity contribution in [3.63, 3.8) is 0 Å². The van der Waals surface area contributed by atoms with E-state index in [9.17, 15) is 14.7 Å². The number of carbonyl (C=O) groups excluding carboxylic acids is 1. The van der Waals surface area contributed by atoms with Gasteiger partial charge in [-0.2, -0.15) is 0 Å². The number of hydrogen-bond acceptors (Lipinski definition) is 3. The van der Waals surface area contributed by atoms with Crippen molar-refractivity contribution in [3.8, 4) is 0 Å². The molecule has 0 aromatic rings. The zero-order valence-electron chi connectivity index (χ0n) is 16.7. The number of aliphatic carboxylic acids is 1. The van der Waals surface area contributed by atoms with E-state index in [4.69, 9.17) is 5.11 Å². The molecule has 0 aromatic carbocycles. The fourth-order valence-corrected chi connectivity index (χ4v) is 4.01. The van der Waals surface area contributed by atoms with Gasteiger partial charge in [-0.1, -0.05) is 45.3 Å². The average molecular weight is 367 g/mol. The monoisotopic (exact) mass is 366 g/mol. The van der Waals surface area contributed by atoms with E-state index in [1.54, 1.807) is 6.92 Å². The largest absolute Gasteiger partial charge is 0.479 e. The van der Waals surface area contributed by atoms with Gasteiger partial charge in [0, 0.05) is 12.3 Å². The minimum Gasteiger partial charge on any atom is -0.479 e. The second kappa shape index (κ2) is 12.3. The van der Waals surface area contributed by atoms with Crippen LogP contribution in [0.5, 0.6) is 0 Å². The summed E-state index contributed by atoms with van der Waals surface area (Å²) in [5.74, 6) is 0.0407. The number of allylic oxidation sites excluding steroid dienone is 2. The molecule has 0 heterocycles. The molecule has 1 aliphatic rings. The number of unbranched alkanes of at least 4 members (excludes halogenated alkanes) is 4. The van der Waals surface area contributed by atoms with Crippen LogP contribution in [0.25, 0.3) is 0 Å². The van der Waals surface area contributed by atoms with Crippen LogP contribution in [0, 0.1) is 11.8 Å². The summed E-state index contributed by atoms with van der Waals surface area (Å²) in [6, 6.07) is 0. The Morgan fingerprint density at radius 2 is 1.85 bits per heavy atom. The topological polar surface area (TPSA) is 74.6 Å². The van der Waals surface area contributed by atoms with E-state index in [0.29, 0.717) is 24.5 Å². The Bertz CT molecular complexity index is 457. The van der Waals surface area contributed by atoms with Crippen LogP contribution in [0.1, 0.15) is 97.3 Å². The number of carboxylic acid groups (broad SMARTS) is 1. The second-order valence-electron chi connectivity index (χ2n) is 7.85. The smallest absolute Gasteiger partial charge is 0.335 e. The maximum absolute atomic E-state index is 12.2. The van der Waals surface area contributed by atoms with Crippen molar-refractivity contribution in [2.75, 3.05) is 0 Å². The van der Waals surface area contributed by atoms with E-state index in [2.05, 4.69) is 19.1 Å². The molecule has 0 bridgehead atoms. The minimum absolute atomic E-state index is 0.208. The van der Waals surface area contributed by atoms with E-state index >= 15 is 0 Å². The molecular formula is C22H38O4. The fraction of sp³-hybridized carbons (Fsp3) is 0.818. The molecule has 3 atom stereocenters. The SMILES string of the molecule is CCCC=CCCC[C@H]1CCC(=O)[C@@H]1CCCCCC(O)(CC)C(=O)O. The molecule has 1 saturated carbocycles. The lowest BCUT2D eigenvalue weighted by molar-refractivity contribution is -0.159. The molecule has 4 nitrogen and oxygen atoms in total. The van der Waals surface area contributed by atoms with Gasteiger partial charge in [0.25, 0.3) is 0 Å². The van der Waals surface area contributed by atoms with Gasteiger partial charge in [-0.25, -0.2) is 4.79 Å². The van der Waals surface area contributed by atoms with E-state index in [1.165, 1.54) is 6.42 Å². The van der Waals surface area contributed by atoms with E-state index in [-0.39, 0.29) is 12.3 Å². The second-order valence-corrected chi connectivity index (χ2v) is 7.85. The highest BCUT2D eigenvalue weighted by atomic mass is 16.4. The molecule has 0 amide bonds. The lowest BCUT2D eigenvalue weighted by Gasteiger charge is -2.22. The zero-order chi connectivity index (χ0) is 19.4. The third-order valence-electron chi connectivity index (χ3n) is 5.90. The number of hydrogen-bond donors (Lipinski definition) is 2. The maximum Gasteiger partial charge on any atom is 0.335 e.